The van der Waals surface area contributed by atoms with Crippen molar-refractivity contribution < 1.29 is 18.8 Å². The lowest BCUT2D eigenvalue weighted by atomic mass is 9.88. The zero-order valence-electron chi connectivity index (χ0n) is 19.0. The fourth-order valence-corrected chi connectivity index (χ4v) is 4.02. The quantitative estimate of drug-likeness (QED) is 0.379. The molecular formula is C26H21N5O4. The van der Waals surface area contributed by atoms with Crippen LogP contribution in [0.2, 0.25) is 0 Å². The van der Waals surface area contributed by atoms with E-state index in [-0.39, 0.29) is 5.69 Å². The molecule has 3 heterocycles. The summed E-state index contributed by atoms with van der Waals surface area (Å²) in [5.41, 5.74) is 1.39. The Hall–Kier alpha value is -4.63. The number of hydrogen-bond donors (Lipinski definition) is 1. The molecule has 1 atom stereocenters. The second-order valence-electron chi connectivity index (χ2n) is 7.64. The summed E-state index contributed by atoms with van der Waals surface area (Å²) >= 11 is 0. The Labute approximate surface area is 200 Å². The number of nitrogens with zero attached hydrogens (tertiary/aromatic N) is 4. The highest BCUT2D eigenvalue weighted by Crippen LogP contribution is 2.35. The van der Waals surface area contributed by atoms with Crippen molar-refractivity contribution in [3.63, 3.8) is 0 Å². The van der Waals surface area contributed by atoms with Crippen LogP contribution in [0.4, 0.5) is 5.82 Å². The number of ether oxygens (including phenoxy) is 2. The molecule has 35 heavy (non-hydrogen) atoms. The number of nitrogens with one attached hydrogen (secondary N) is 1. The summed E-state index contributed by atoms with van der Waals surface area (Å²) in [7, 11) is 2.99. The largest absolute Gasteiger partial charge is 0.497 e. The lowest BCUT2D eigenvalue weighted by Crippen LogP contribution is -2.43. The number of anilines is 1. The number of aromatic nitrogens is 4. The lowest BCUT2D eigenvalue weighted by Gasteiger charge is -2.29. The zero-order chi connectivity index (χ0) is 24.3. The fraction of sp³-hybridized carbons (Fsp3) is 0.115. The maximum absolute atomic E-state index is 13.8. The van der Waals surface area contributed by atoms with Gasteiger partial charge >= 0.3 is 0 Å². The van der Waals surface area contributed by atoms with E-state index in [0.717, 1.165) is 16.5 Å². The third kappa shape index (κ3) is 3.98. The van der Waals surface area contributed by atoms with Crippen molar-refractivity contribution in [2.75, 3.05) is 19.5 Å². The van der Waals surface area contributed by atoms with Crippen LogP contribution in [0.1, 0.15) is 11.3 Å². The van der Waals surface area contributed by atoms with Gasteiger partial charge in [0.1, 0.15) is 23.5 Å². The summed E-state index contributed by atoms with van der Waals surface area (Å²) in [6, 6.07) is 21.6. The average molecular weight is 467 g/mol. The van der Waals surface area contributed by atoms with Crippen LogP contribution in [0.3, 0.4) is 0 Å². The number of fused-ring (bicyclic) bond motifs is 1. The third-order valence-corrected chi connectivity index (χ3v) is 5.71. The highest BCUT2D eigenvalue weighted by molar-refractivity contribution is 6.00. The SMILES string of the molecule is COc1cccc([C@](OC)(C(=O)Nc2cccc(-c3cnnc4ccccc34)n2)c2ccon2)c1. The van der Waals surface area contributed by atoms with E-state index in [9.17, 15) is 4.79 Å². The molecule has 9 nitrogen and oxygen atoms in total. The minimum absolute atomic E-state index is 0.284. The predicted molar refractivity (Wildman–Crippen MR) is 129 cm³/mol. The van der Waals surface area contributed by atoms with Gasteiger partial charge in [-0.1, -0.05) is 41.6 Å². The van der Waals surface area contributed by atoms with E-state index in [1.165, 1.54) is 13.4 Å². The number of rotatable bonds is 7. The first-order valence-corrected chi connectivity index (χ1v) is 10.8. The fourth-order valence-electron chi connectivity index (χ4n) is 4.02. The number of carbonyl (C=O) groups excluding carboxylic acids is 1. The van der Waals surface area contributed by atoms with E-state index in [4.69, 9.17) is 14.0 Å². The van der Waals surface area contributed by atoms with Gasteiger partial charge in [-0.05, 0) is 30.3 Å². The Morgan fingerprint density at radius 2 is 1.86 bits per heavy atom. The molecule has 0 spiro atoms. The van der Waals surface area contributed by atoms with Gasteiger partial charge in [0.15, 0.2) is 0 Å². The Morgan fingerprint density at radius 1 is 1.00 bits per heavy atom. The molecule has 174 valence electrons. The van der Waals surface area contributed by atoms with E-state index in [1.54, 1.807) is 49.7 Å². The molecule has 3 aromatic heterocycles. The standard InChI is InChI=1S/C26H21N5O4/c1-33-18-8-5-7-17(15-18)26(34-2,23-13-14-35-31-23)25(32)29-24-12-6-11-21(28-24)20-16-27-30-22-10-4-3-9-19(20)22/h3-16H,1-2H3,(H,28,29,32)/t26-/m1/s1. The lowest BCUT2D eigenvalue weighted by molar-refractivity contribution is -0.134. The van der Waals surface area contributed by atoms with Gasteiger partial charge in [-0.3, -0.25) is 4.79 Å². The van der Waals surface area contributed by atoms with Crippen LogP contribution < -0.4 is 10.1 Å². The van der Waals surface area contributed by atoms with Crippen molar-refractivity contribution in [2.24, 2.45) is 0 Å². The van der Waals surface area contributed by atoms with Crippen molar-refractivity contribution in [1.29, 1.82) is 0 Å². The molecule has 0 unspecified atom stereocenters. The van der Waals surface area contributed by atoms with E-state index in [0.29, 0.717) is 22.8 Å². The molecule has 0 aliphatic heterocycles. The first-order chi connectivity index (χ1) is 17.2. The van der Waals surface area contributed by atoms with Gasteiger partial charge < -0.3 is 19.3 Å². The van der Waals surface area contributed by atoms with Crippen LogP contribution in [0.5, 0.6) is 5.75 Å². The van der Waals surface area contributed by atoms with Gasteiger partial charge in [0, 0.05) is 29.7 Å². The molecule has 1 N–H and O–H groups in total. The molecule has 0 aliphatic carbocycles. The molecule has 0 radical (unpaired) electrons. The number of hydrogen-bond acceptors (Lipinski definition) is 8. The Morgan fingerprint density at radius 3 is 2.66 bits per heavy atom. The van der Waals surface area contributed by atoms with Crippen molar-refractivity contribution in [1.82, 2.24) is 20.3 Å². The smallest absolute Gasteiger partial charge is 0.268 e. The van der Waals surface area contributed by atoms with E-state index < -0.39 is 11.5 Å². The highest BCUT2D eigenvalue weighted by atomic mass is 16.5. The monoisotopic (exact) mass is 467 g/mol. The van der Waals surface area contributed by atoms with Crippen LogP contribution in [-0.4, -0.2) is 40.5 Å². The summed E-state index contributed by atoms with van der Waals surface area (Å²) in [4.78, 5) is 18.5. The molecule has 5 rings (SSSR count). The Bertz CT molecular complexity index is 1480. The molecule has 0 aliphatic rings. The molecule has 9 heteroatoms. The maximum atomic E-state index is 13.8. The van der Waals surface area contributed by atoms with Gasteiger partial charge in [0.05, 0.1) is 24.5 Å². The van der Waals surface area contributed by atoms with Crippen LogP contribution in [-0.2, 0) is 15.1 Å². The van der Waals surface area contributed by atoms with E-state index in [2.05, 4.69) is 25.7 Å². The van der Waals surface area contributed by atoms with Crippen molar-refractivity contribution in [3.8, 4) is 17.0 Å². The van der Waals surface area contributed by atoms with Crippen LogP contribution >= 0.6 is 0 Å². The Balaban J connectivity index is 1.55. The average Bonchev–Trinajstić information content (AvgIpc) is 3.45. The number of carbonyl (C=O) groups is 1. The highest BCUT2D eigenvalue weighted by Gasteiger charge is 2.45. The Kier molecular flexibility index (Phi) is 5.90. The molecule has 5 aromatic rings. The zero-order valence-corrected chi connectivity index (χ0v) is 19.0. The molecular weight excluding hydrogens is 446 g/mol. The molecule has 0 fully saturated rings. The third-order valence-electron chi connectivity index (χ3n) is 5.71. The van der Waals surface area contributed by atoms with Crippen LogP contribution in [0, 0.1) is 0 Å². The number of benzene rings is 2. The van der Waals surface area contributed by atoms with E-state index >= 15 is 0 Å². The van der Waals surface area contributed by atoms with Crippen molar-refractivity contribution >= 4 is 22.6 Å². The number of pyridine rings is 1. The van der Waals surface area contributed by atoms with Gasteiger partial charge in [-0.2, -0.15) is 10.2 Å². The summed E-state index contributed by atoms with van der Waals surface area (Å²) in [5.74, 6) is 0.406. The van der Waals surface area contributed by atoms with Crippen molar-refractivity contribution in [2.45, 2.75) is 5.60 Å². The minimum Gasteiger partial charge on any atom is -0.497 e. The summed E-state index contributed by atoms with van der Waals surface area (Å²) in [6.45, 7) is 0. The molecule has 0 saturated carbocycles. The first-order valence-electron chi connectivity index (χ1n) is 10.8. The van der Waals surface area contributed by atoms with E-state index in [1.807, 2.05) is 36.4 Å². The number of amides is 1. The molecule has 0 bridgehead atoms. The minimum atomic E-state index is -1.61. The second kappa shape index (κ2) is 9.32. The van der Waals surface area contributed by atoms with Crippen molar-refractivity contribution in [3.05, 3.63) is 96.5 Å². The van der Waals surface area contributed by atoms with Gasteiger partial charge in [-0.25, -0.2) is 4.98 Å². The van der Waals surface area contributed by atoms with Gasteiger partial charge in [0.25, 0.3) is 5.91 Å². The second-order valence-corrected chi connectivity index (χ2v) is 7.64. The van der Waals surface area contributed by atoms with Gasteiger partial charge in [0.2, 0.25) is 5.60 Å². The first kappa shape index (κ1) is 22.2. The van der Waals surface area contributed by atoms with Gasteiger partial charge in [-0.15, -0.1) is 0 Å². The van der Waals surface area contributed by atoms with Crippen LogP contribution in [0.15, 0.2) is 89.8 Å². The maximum Gasteiger partial charge on any atom is 0.268 e. The molecule has 1 amide bonds. The molecule has 2 aromatic carbocycles. The molecule has 0 saturated heterocycles. The summed E-state index contributed by atoms with van der Waals surface area (Å²) in [5, 5.41) is 16.1. The predicted octanol–water partition coefficient (Wildman–Crippen LogP) is 4.22. The number of methoxy groups -OCH3 is 2. The topological polar surface area (TPSA) is 112 Å². The summed E-state index contributed by atoms with van der Waals surface area (Å²) in [6.07, 6.45) is 3.04. The van der Waals surface area contributed by atoms with Crippen LogP contribution in [0.25, 0.3) is 22.2 Å². The normalized spacial score (nSPS) is 12.7. The summed E-state index contributed by atoms with van der Waals surface area (Å²) < 4.78 is 16.2.